The monoisotopic (exact) mass is 200 g/mol. The van der Waals surface area contributed by atoms with E-state index < -0.39 is 0 Å². The summed E-state index contributed by atoms with van der Waals surface area (Å²) >= 11 is 0. The maximum absolute atomic E-state index is 11.4. The smallest absolute Gasteiger partial charge is 0.317 e. The second-order valence-electron chi connectivity index (χ2n) is 2.80. The van der Waals surface area contributed by atoms with E-state index in [4.69, 9.17) is 4.74 Å². The molecule has 0 aliphatic carbocycles. The zero-order chi connectivity index (χ0) is 10.8. The molecule has 0 radical (unpaired) electrons. The lowest BCUT2D eigenvalue weighted by Gasteiger charge is -2.18. The van der Waals surface area contributed by atoms with Crippen LogP contribution >= 0.6 is 0 Å². The first-order chi connectivity index (χ1) is 6.76. The van der Waals surface area contributed by atoms with Gasteiger partial charge in [0.2, 0.25) is 0 Å². The molecule has 0 saturated carbocycles. The van der Waals surface area contributed by atoms with Crippen LogP contribution in [0.4, 0.5) is 4.79 Å². The molecule has 0 heterocycles. The van der Waals surface area contributed by atoms with Crippen molar-refractivity contribution in [1.29, 1.82) is 0 Å². The largest absolute Gasteiger partial charge is 0.502 e. The molecular formula is C10H20N2O2. The number of amides is 2. The lowest BCUT2D eigenvalue weighted by atomic mass is 10.4. The summed E-state index contributed by atoms with van der Waals surface area (Å²) in [5.41, 5.74) is 0. The van der Waals surface area contributed by atoms with Gasteiger partial charge in [-0.25, -0.2) is 4.79 Å². The Kier molecular flexibility index (Phi) is 7.70. The zero-order valence-corrected chi connectivity index (χ0v) is 9.08. The summed E-state index contributed by atoms with van der Waals surface area (Å²) in [6.45, 7) is 10.1. The van der Waals surface area contributed by atoms with E-state index in [1.807, 2.05) is 13.8 Å². The van der Waals surface area contributed by atoms with Gasteiger partial charge in [-0.3, -0.25) is 0 Å². The summed E-state index contributed by atoms with van der Waals surface area (Å²) in [7, 11) is 0. The van der Waals surface area contributed by atoms with Crippen molar-refractivity contribution in [2.75, 3.05) is 26.2 Å². The van der Waals surface area contributed by atoms with Gasteiger partial charge in [0.05, 0.1) is 12.9 Å². The van der Waals surface area contributed by atoms with Gasteiger partial charge < -0.3 is 15.0 Å². The van der Waals surface area contributed by atoms with Crippen molar-refractivity contribution in [3.05, 3.63) is 12.8 Å². The molecule has 0 aromatic carbocycles. The van der Waals surface area contributed by atoms with E-state index in [0.29, 0.717) is 13.2 Å². The summed E-state index contributed by atoms with van der Waals surface area (Å²) in [6.07, 6.45) is 2.21. The van der Waals surface area contributed by atoms with Gasteiger partial charge in [0, 0.05) is 19.6 Å². The third-order valence-corrected chi connectivity index (χ3v) is 1.88. The Morgan fingerprint density at radius 1 is 1.50 bits per heavy atom. The van der Waals surface area contributed by atoms with Crippen molar-refractivity contribution in [2.24, 2.45) is 0 Å². The number of rotatable bonds is 7. The maximum Gasteiger partial charge on any atom is 0.317 e. The molecule has 0 rings (SSSR count). The summed E-state index contributed by atoms with van der Waals surface area (Å²) in [6, 6.07) is -0.00592. The van der Waals surface area contributed by atoms with Crippen molar-refractivity contribution < 1.29 is 9.53 Å². The second-order valence-corrected chi connectivity index (χ2v) is 2.80. The van der Waals surface area contributed by atoms with Crippen LogP contribution in [0.25, 0.3) is 0 Å². The van der Waals surface area contributed by atoms with Gasteiger partial charge in [0.1, 0.15) is 0 Å². The first-order valence-corrected chi connectivity index (χ1v) is 5.01. The molecule has 82 valence electrons. The fraction of sp³-hybridized carbons (Fsp3) is 0.700. The van der Waals surface area contributed by atoms with Crippen molar-refractivity contribution in [1.82, 2.24) is 10.2 Å². The van der Waals surface area contributed by atoms with Crippen LogP contribution in [0.5, 0.6) is 0 Å². The van der Waals surface area contributed by atoms with Crippen molar-refractivity contribution in [2.45, 2.75) is 20.3 Å². The zero-order valence-electron chi connectivity index (χ0n) is 9.08. The fourth-order valence-electron chi connectivity index (χ4n) is 1.06. The quantitative estimate of drug-likeness (QED) is 0.501. The third kappa shape index (κ3) is 5.45. The summed E-state index contributed by atoms with van der Waals surface area (Å²) in [4.78, 5) is 13.1. The van der Waals surface area contributed by atoms with Crippen LogP contribution in [-0.2, 0) is 4.74 Å². The van der Waals surface area contributed by atoms with Gasteiger partial charge in [-0.15, -0.1) is 0 Å². The maximum atomic E-state index is 11.4. The number of hydrogen-bond donors (Lipinski definition) is 1. The molecule has 0 bridgehead atoms. The standard InChI is InChI=1S/C10H20N2O2/c1-4-12(5-2)10(13)11-8-7-9-14-6-3/h6H,3-5,7-9H2,1-2H3,(H,11,13). The Morgan fingerprint density at radius 2 is 2.14 bits per heavy atom. The van der Waals surface area contributed by atoms with Crippen LogP contribution in [0.2, 0.25) is 0 Å². The average molecular weight is 200 g/mol. The van der Waals surface area contributed by atoms with E-state index in [1.165, 1.54) is 6.26 Å². The first kappa shape index (κ1) is 12.8. The van der Waals surface area contributed by atoms with E-state index in [0.717, 1.165) is 19.5 Å². The number of nitrogens with zero attached hydrogens (tertiary/aromatic N) is 1. The Labute approximate surface area is 85.9 Å². The highest BCUT2D eigenvalue weighted by Crippen LogP contribution is 1.88. The van der Waals surface area contributed by atoms with Crippen molar-refractivity contribution >= 4 is 6.03 Å². The molecule has 0 aromatic rings. The Hall–Kier alpha value is -1.19. The molecule has 4 nitrogen and oxygen atoms in total. The molecule has 0 aliphatic heterocycles. The Bertz CT molecular complexity index is 168. The number of nitrogens with one attached hydrogen (secondary N) is 1. The molecule has 1 N–H and O–H groups in total. The highest BCUT2D eigenvalue weighted by Gasteiger charge is 2.06. The molecular weight excluding hydrogens is 180 g/mol. The summed E-state index contributed by atoms with van der Waals surface area (Å²) < 4.78 is 4.93. The van der Waals surface area contributed by atoms with Gasteiger partial charge in [-0.05, 0) is 20.3 Å². The van der Waals surface area contributed by atoms with Gasteiger partial charge in [-0.1, -0.05) is 6.58 Å². The molecule has 2 amide bonds. The van der Waals surface area contributed by atoms with Crippen LogP contribution < -0.4 is 5.32 Å². The van der Waals surface area contributed by atoms with Crippen LogP contribution in [0.3, 0.4) is 0 Å². The first-order valence-electron chi connectivity index (χ1n) is 5.01. The van der Waals surface area contributed by atoms with E-state index in [-0.39, 0.29) is 6.03 Å². The third-order valence-electron chi connectivity index (χ3n) is 1.88. The minimum atomic E-state index is -0.00592. The Morgan fingerprint density at radius 3 is 2.64 bits per heavy atom. The predicted molar refractivity (Wildman–Crippen MR) is 57.1 cm³/mol. The normalized spacial score (nSPS) is 9.29. The average Bonchev–Trinajstić information content (AvgIpc) is 2.19. The molecule has 0 unspecified atom stereocenters. The predicted octanol–water partition coefficient (Wildman–Crippen LogP) is 1.59. The molecule has 0 fully saturated rings. The lowest BCUT2D eigenvalue weighted by molar-refractivity contribution is 0.200. The van der Waals surface area contributed by atoms with Gasteiger partial charge >= 0.3 is 6.03 Å². The molecule has 0 atom stereocenters. The number of carbonyl (C=O) groups excluding carboxylic acids is 1. The van der Waals surface area contributed by atoms with E-state index >= 15 is 0 Å². The number of urea groups is 1. The second kappa shape index (κ2) is 8.41. The molecule has 0 aromatic heterocycles. The van der Waals surface area contributed by atoms with Crippen LogP contribution in [0.15, 0.2) is 12.8 Å². The minimum absolute atomic E-state index is 0.00592. The highest BCUT2D eigenvalue weighted by atomic mass is 16.5. The van der Waals surface area contributed by atoms with Crippen molar-refractivity contribution in [3.8, 4) is 0 Å². The molecule has 0 aliphatic rings. The van der Waals surface area contributed by atoms with Gasteiger partial charge in [0.25, 0.3) is 0 Å². The highest BCUT2D eigenvalue weighted by molar-refractivity contribution is 5.73. The SMILES string of the molecule is C=COCCCNC(=O)N(CC)CC. The molecule has 4 heteroatoms. The van der Waals surface area contributed by atoms with E-state index in [9.17, 15) is 4.79 Å². The summed E-state index contributed by atoms with van der Waals surface area (Å²) in [5.74, 6) is 0. The van der Waals surface area contributed by atoms with Crippen LogP contribution in [-0.4, -0.2) is 37.2 Å². The summed E-state index contributed by atoms with van der Waals surface area (Å²) in [5, 5.41) is 2.82. The van der Waals surface area contributed by atoms with Gasteiger partial charge in [-0.2, -0.15) is 0 Å². The lowest BCUT2D eigenvalue weighted by Crippen LogP contribution is -2.40. The van der Waals surface area contributed by atoms with Gasteiger partial charge in [0.15, 0.2) is 0 Å². The number of carbonyl (C=O) groups is 1. The van der Waals surface area contributed by atoms with Crippen LogP contribution in [0.1, 0.15) is 20.3 Å². The minimum Gasteiger partial charge on any atom is -0.502 e. The van der Waals surface area contributed by atoms with Crippen molar-refractivity contribution in [3.63, 3.8) is 0 Å². The van der Waals surface area contributed by atoms with Crippen LogP contribution in [0, 0.1) is 0 Å². The molecule has 0 spiro atoms. The molecule has 14 heavy (non-hydrogen) atoms. The molecule has 0 saturated heterocycles. The van der Waals surface area contributed by atoms with E-state index in [2.05, 4.69) is 11.9 Å². The van der Waals surface area contributed by atoms with E-state index in [1.54, 1.807) is 4.90 Å². The topological polar surface area (TPSA) is 41.6 Å². The number of ether oxygens (including phenoxy) is 1. The Balaban J connectivity index is 3.47. The number of hydrogen-bond acceptors (Lipinski definition) is 2. The fourth-order valence-corrected chi connectivity index (χ4v) is 1.06.